The summed E-state index contributed by atoms with van der Waals surface area (Å²) in [5, 5.41) is 7.07. The number of H-pyrrole nitrogens is 1. The Kier molecular flexibility index (Phi) is 3.79. The molecule has 116 valence electrons. The van der Waals surface area contributed by atoms with Gasteiger partial charge in [-0.2, -0.15) is 4.98 Å². The van der Waals surface area contributed by atoms with Crippen LogP contribution in [0, 0.1) is 6.92 Å². The van der Waals surface area contributed by atoms with Crippen molar-refractivity contribution >= 4 is 5.91 Å². The van der Waals surface area contributed by atoms with Gasteiger partial charge in [-0.3, -0.25) is 9.59 Å². The molecule has 0 radical (unpaired) electrons. The van der Waals surface area contributed by atoms with E-state index in [1.165, 1.54) is 18.3 Å². The second-order valence-electron chi connectivity index (χ2n) is 5.68. The molecule has 0 saturated heterocycles. The number of carbonyl (C=O) groups excluding carboxylic acids is 1. The second-order valence-corrected chi connectivity index (χ2v) is 5.68. The first-order valence-corrected chi connectivity index (χ1v) is 7.41. The van der Waals surface area contributed by atoms with Crippen LogP contribution in [0.15, 0.2) is 27.6 Å². The van der Waals surface area contributed by atoms with Crippen molar-refractivity contribution in [3.05, 3.63) is 46.0 Å². The Hall–Kier alpha value is -2.44. The third-order valence-corrected chi connectivity index (χ3v) is 4.06. The molecule has 0 unspecified atom stereocenters. The molecule has 1 fully saturated rings. The van der Waals surface area contributed by atoms with Crippen LogP contribution in [0.1, 0.15) is 54.2 Å². The highest BCUT2D eigenvalue weighted by atomic mass is 16.5. The first-order chi connectivity index (χ1) is 10.6. The number of rotatable bonds is 3. The van der Waals surface area contributed by atoms with E-state index < -0.39 is 5.54 Å². The van der Waals surface area contributed by atoms with Gasteiger partial charge in [0.2, 0.25) is 11.4 Å². The van der Waals surface area contributed by atoms with E-state index >= 15 is 0 Å². The molecule has 7 heteroatoms. The molecule has 2 N–H and O–H groups in total. The van der Waals surface area contributed by atoms with Crippen molar-refractivity contribution in [3.8, 4) is 0 Å². The third-order valence-electron chi connectivity index (χ3n) is 4.06. The highest BCUT2D eigenvalue weighted by Gasteiger charge is 2.39. The summed E-state index contributed by atoms with van der Waals surface area (Å²) >= 11 is 0. The van der Waals surface area contributed by atoms with Crippen LogP contribution in [0.5, 0.6) is 0 Å². The topological polar surface area (TPSA) is 101 Å². The van der Waals surface area contributed by atoms with E-state index in [1.54, 1.807) is 6.92 Å². The van der Waals surface area contributed by atoms with E-state index in [2.05, 4.69) is 20.4 Å². The Morgan fingerprint density at radius 2 is 2.09 bits per heavy atom. The quantitative estimate of drug-likeness (QED) is 0.898. The molecule has 7 nitrogen and oxygen atoms in total. The SMILES string of the molecule is Cc1nc(C2(NC(=O)c3ccc(=O)[nH]c3)CCCCC2)no1. The molecule has 1 aliphatic carbocycles. The molecule has 0 atom stereocenters. The van der Waals surface area contributed by atoms with Crippen LogP contribution in [0.4, 0.5) is 0 Å². The zero-order valence-electron chi connectivity index (χ0n) is 12.4. The van der Waals surface area contributed by atoms with Gasteiger partial charge in [-0.15, -0.1) is 0 Å². The van der Waals surface area contributed by atoms with Gasteiger partial charge in [-0.25, -0.2) is 0 Å². The minimum atomic E-state index is -0.594. The molecule has 0 aliphatic heterocycles. The van der Waals surface area contributed by atoms with E-state index in [1.807, 2.05) is 0 Å². The summed E-state index contributed by atoms with van der Waals surface area (Å²) in [5.41, 5.74) is -0.425. The average molecular weight is 302 g/mol. The molecule has 0 spiro atoms. The van der Waals surface area contributed by atoms with Crippen LogP contribution in [0.3, 0.4) is 0 Å². The van der Waals surface area contributed by atoms with Crippen LogP contribution in [0.2, 0.25) is 0 Å². The highest BCUT2D eigenvalue weighted by Crippen LogP contribution is 2.35. The molecule has 1 aliphatic rings. The molecule has 1 saturated carbocycles. The number of hydrogen-bond acceptors (Lipinski definition) is 5. The number of aromatic amines is 1. The number of hydrogen-bond donors (Lipinski definition) is 2. The summed E-state index contributed by atoms with van der Waals surface area (Å²) in [4.78, 5) is 30.4. The Bertz CT molecular complexity index is 708. The number of pyridine rings is 1. The van der Waals surface area contributed by atoms with Crippen molar-refractivity contribution in [2.75, 3.05) is 0 Å². The van der Waals surface area contributed by atoms with Crippen molar-refractivity contribution in [1.82, 2.24) is 20.4 Å². The van der Waals surface area contributed by atoms with Gasteiger partial charge in [-0.05, 0) is 18.9 Å². The fraction of sp³-hybridized carbons (Fsp3) is 0.467. The predicted molar refractivity (Wildman–Crippen MR) is 78.3 cm³/mol. The van der Waals surface area contributed by atoms with Crippen LogP contribution < -0.4 is 10.9 Å². The second kappa shape index (κ2) is 5.75. The maximum Gasteiger partial charge on any atom is 0.253 e. The summed E-state index contributed by atoms with van der Waals surface area (Å²) in [5.74, 6) is 0.765. The summed E-state index contributed by atoms with van der Waals surface area (Å²) < 4.78 is 5.09. The maximum absolute atomic E-state index is 12.5. The molecule has 3 rings (SSSR count). The molecular weight excluding hydrogens is 284 g/mol. The Balaban J connectivity index is 1.88. The van der Waals surface area contributed by atoms with Crippen LogP contribution in [-0.2, 0) is 5.54 Å². The smallest absolute Gasteiger partial charge is 0.253 e. The van der Waals surface area contributed by atoms with Gasteiger partial charge in [0.25, 0.3) is 5.91 Å². The van der Waals surface area contributed by atoms with Crippen molar-refractivity contribution in [2.24, 2.45) is 0 Å². The summed E-state index contributed by atoms with van der Waals surface area (Å²) in [6.45, 7) is 1.73. The van der Waals surface area contributed by atoms with Gasteiger partial charge >= 0.3 is 0 Å². The maximum atomic E-state index is 12.5. The molecule has 0 bridgehead atoms. The van der Waals surface area contributed by atoms with E-state index in [9.17, 15) is 9.59 Å². The lowest BCUT2D eigenvalue weighted by Gasteiger charge is -2.35. The van der Waals surface area contributed by atoms with Crippen LogP contribution in [0.25, 0.3) is 0 Å². The Morgan fingerprint density at radius 3 is 2.68 bits per heavy atom. The van der Waals surface area contributed by atoms with E-state index in [0.717, 1.165) is 32.1 Å². The van der Waals surface area contributed by atoms with Gasteiger partial charge in [0.1, 0.15) is 5.54 Å². The number of amides is 1. The average Bonchev–Trinajstić information content (AvgIpc) is 2.96. The van der Waals surface area contributed by atoms with Crippen molar-refractivity contribution < 1.29 is 9.32 Å². The fourth-order valence-corrected chi connectivity index (χ4v) is 2.89. The number of nitrogens with zero attached hydrogens (tertiary/aromatic N) is 2. The number of nitrogens with one attached hydrogen (secondary N) is 2. The van der Waals surface area contributed by atoms with Gasteiger partial charge in [0.15, 0.2) is 5.82 Å². The molecule has 1 amide bonds. The molecule has 2 aromatic heterocycles. The normalized spacial score (nSPS) is 17.1. The van der Waals surface area contributed by atoms with E-state index in [0.29, 0.717) is 17.3 Å². The first-order valence-electron chi connectivity index (χ1n) is 7.41. The lowest BCUT2D eigenvalue weighted by Crippen LogP contribution is -2.48. The summed E-state index contributed by atoms with van der Waals surface area (Å²) in [6, 6.07) is 2.84. The van der Waals surface area contributed by atoms with Crippen molar-refractivity contribution in [1.29, 1.82) is 0 Å². The number of carbonyl (C=O) groups is 1. The lowest BCUT2D eigenvalue weighted by molar-refractivity contribution is 0.0855. The number of aryl methyl sites for hydroxylation is 1. The van der Waals surface area contributed by atoms with Crippen LogP contribution in [-0.4, -0.2) is 21.0 Å². The predicted octanol–water partition coefficient (Wildman–Crippen LogP) is 1.66. The molecule has 0 aromatic carbocycles. The highest BCUT2D eigenvalue weighted by molar-refractivity contribution is 5.94. The monoisotopic (exact) mass is 302 g/mol. The fourth-order valence-electron chi connectivity index (χ4n) is 2.89. The van der Waals surface area contributed by atoms with Crippen molar-refractivity contribution in [2.45, 2.75) is 44.6 Å². The zero-order valence-corrected chi connectivity index (χ0v) is 12.4. The van der Waals surface area contributed by atoms with E-state index in [-0.39, 0.29) is 11.5 Å². The largest absolute Gasteiger partial charge is 0.340 e. The van der Waals surface area contributed by atoms with E-state index in [4.69, 9.17) is 4.52 Å². The summed E-state index contributed by atoms with van der Waals surface area (Å²) in [7, 11) is 0. The zero-order chi connectivity index (χ0) is 15.6. The first kappa shape index (κ1) is 14.5. The number of aromatic nitrogens is 3. The third kappa shape index (κ3) is 2.79. The van der Waals surface area contributed by atoms with Crippen LogP contribution >= 0.6 is 0 Å². The summed E-state index contributed by atoms with van der Waals surface area (Å²) in [6.07, 6.45) is 6.10. The standard InChI is InChI=1S/C15H18N4O3/c1-10-17-14(19-22-10)15(7-3-2-4-8-15)18-13(21)11-5-6-12(20)16-9-11/h5-6,9H,2-4,7-8H2,1H3,(H,16,20)(H,18,21). The minimum absolute atomic E-state index is 0.238. The molecule has 2 aromatic rings. The van der Waals surface area contributed by atoms with Gasteiger partial charge in [0.05, 0.1) is 5.56 Å². The van der Waals surface area contributed by atoms with Gasteiger partial charge < -0.3 is 14.8 Å². The Morgan fingerprint density at radius 1 is 1.32 bits per heavy atom. The van der Waals surface area contributed by atoms with Crippen molar-refractivity contribution in [3.63, 3.8) is 0 Å². The minimum Gasteiger partial charge on any atom is -0.340 e. The molecule has 2 heterocycles. The lowest BCUT2D eigenvalue weighted by atomic mass is 9.80. The van der Waals surface area contributed by atoms with Gasteiger partial charge in [-0.1, -0.05) is 24.4 Å². The van der Waals surface area contributed by atoms with Gasteiger partial charge in [0, 0.05) is 19.2 Å². The molecule has 22 heavy (non-hydrogen) atoms. The Labute approximate surface area is 127 Å². The molecular formula is C15H18N4O3.